The summed E-state index contributed by atoms with van der Waals surface area (Å²) in [7, 11) is 1.41. The highest BCUT2D eigenvalue weighted by molar-refractivity contribution is 5.86. The third kappa shape index (κ3) is 14.5. The fourth-order valence-corrected chi connectivity index (χ4v) is 2.91. The van der Waals surface area contributed by atoms with Gasteiger partial charge in [-0.25, -0.2) is 4.79 Å². The molecule has 0 fully saturated rings. The molecule has 1 aromatic rings. The van der Waals surface area contributed by atoms with Gasteiger partial charge in [0.05, 0.1) is 6.54 Å². The summed E-state index contributed by atoms with van der Waals surface area (Å²) in [6.07, 6.45) is -0.820. The van der Waals surface area contributed by atoms with Crippen LogP contribution in [0.3, 0.4) is 0 Å². The maximum Gasteiger partial charge on any atom is 0.408 e. The number of nitrogens with one attached hydrogen (secondary N) is 3. The van der Waals surface area contributed by atoms with Crippen LogP contribution >= 0.6 is 0 Å². The Bertz CT molecular complexity index is 902. The van der Waals surface area contributed by atoms with Crippen LogP contribution < -0.4 is 21.7 Å². The van der Waals surface area contributed by atoms with Crippen molar-refractivity contribution in [2.75, 3.05) is 20.2 Å². The molecule has 0 saturated heterocycles. The Hall–Kier alpha value is -3.67. The van der Waals surface area contributed by atoms with E-state index >= 15 is 0 Å². The Labute approximate surface area is 217 Å². The molecule has 0 heterocycles. The zero-order valence-electron chi connectivity index (χ0n) is 21.8. The van der Waals surface area contributed by atoms with Crippen LogP contribution in [0.25, 0.3) is 0 Å². The lowest BCUT2D eigenvalue weighted by Gasteiger charge is -2.22. The Morgan fingerprint density at radius 3 is 2.27 bits per heavy atom. The van der Waals surface area contributed by atoms with Crippen molar-refractivity contribution >= 4 is 29.8 Å². The summed E-state index contributed by atoms with van der Waals surface area (Å²) in [5.41, 5.74) is 5.87. The Balaban J connectivity index is 2.29. The molecule has 0 bridgehead atoms. The number of alkyl carbamates (subject to hydrolysis) is 1. The van der Waals surface area contributed by atoms with Crippen LogP contribution in [0.1, 0.15) is 52.0 Å². The number of hydrogen-bond acceptors (Lipinski definition) is 9. The van der Waals surface area contributed by atoms with Crippen LogP contribution in [0.5, 0.6) is 0 Å². The number of benzene rings is 1. The number of hydrogen-bond donors (Lipinski definition) is 4. The van der Waals surface area contributed by atoms with E-state index in [1.54, 1.807) is 32.9 Å². The van der Waals surface area contributed by atoms with Crippen molar-refractivity contribution in [2.24, 2.45) is 5.73 Å². The molecule has 0 unspecified atom stereocenters. The molecule has 1 rings (SSSR count). The number of carbonyl (C=O) groups is 5. The van der Waals surface area contributed by atoms with Crippen LogP contribution in [0.4, 0.5) is 4.79 Å². The molecule has 12 nitrogen and oxygen atoms in total. The predicted octanol–water partition coefficient (Wildman–Crippen LogP) is 0.916. The van der Waals surface area contributed by atoms with E-state index in [0.717, 1.165) is 5.56 Å². The van der Waals surface area contributed by atoms with Crippen molar-refractivity contribution in [3.8, 4) is 0 Å². The fraction of sp³-hybridized carbons (Fsp3) is 0.560. The molecule has 0 aromatic heterocycles. The Morgan fingerprint density at radius 1 is 0.973 bits per heavy atom. The van der Waals surface area contributed by atoms with E-state index in [1.165, 1.54) is 7.05 Å². The first-order chi connectivity index (χ1) is 17.4. The van der Waals surface area contributed by atoms with Gasteiger partial charge in [-0.15, -0.1) is 0 Å². The van der Waals surface area contributed by atoms with Crippen molar-refractivity contribution in [2.45, 2.75) is 70.7 Å². The van der Waals surface area contributed by atoms with E-state index < -0.39 is 41.6 Å². The molecule has 206 valence electrons. The summed E-state index contributed by atoms with van der Waals surface area (Å²) < 4.78 is 15.3. The maximum absolute atomic E-state index is 12.1. The van der Waals surface area contributed by atoms with E-state index in [-0.39, 0.29) is 51.3 Å². The number of nitrogens with two attached hydrogens (primary N) is 1. The average Bonchev–Trinajstić information content (AvgIpc) is 2.85. The van der Waals surface area contributed by atoms with Gasteiger partial charge in [-0.3, -0.25) is 19.2 Å². The molecule has 0 aliphatic rings. The SMILES string of the molecule is CNC(=O)[C@H](CCC(=O)OCCNC(=O)CC[C@@H](N)C(=O)OC(C)(C)C)NC(=O)OCc1ccccc1. The standard InChI is InChI=1S/C25H38N4O8/c1-25(2,3)37-23(33)18(26)10-12-20(30)28-14-15-35-21(31)13-11-19(22(32)27-4)29-24(34)36-16-17-8-6-5-7-9-17/h5-9,18-19H,10-16,26H2,1-4H3,(H,27,32)(H,28,30)(H,29,34)/t18-,19+/m1/s1. The van der Waals surface area contributed by atoms with Crippen LogP contribution in [-0.2, 0) is 40.0 Å². The Kier molecular flexibility index (Phi) is 13.7. The molecule has 0 spiro atoms. The number of rotatable bonds is 14. The second-order valence-electron chi connectivity index (χ2n) is 9.16. The lowest BCUT2D eigenvalue weighted by Crippen LogP contribution is -2.46. The second kappa shape index (κ2) is 16.1. The number of amides is 3. The van der Waals surface area contributed by atoms with Crippen molar-refractivity contribution < 1.29 is 38.2 Å². The first-order valence-electron chi connectivity index (χ1n) is 12.0. The van der Waals surface area contributed by atoms with E-state index in [0.29, 0.717) is 0 Å². The summed E-state index contributed by atoms with van der Waals surface area (Å²) >= 11 is 0. The lowest BCUT2D eigenvalue weighted by molar-refractivity contribution is -0.156. The van der Waals surface area contributed by atoms with E-state index in [9.17, 15) is 24.0 Å². The minimum atomic E-state index is -0.991. The van der Waals surface area contributed by atoms with Crippen LogP contribution in [-0.4, -0.2) is 67.7 Å². The van der Waals surface area contributed by atoms with Gasteiger partial charge in [0.15, 0.2) is 0 Å². The van der Waals surface area contributed by atoms with Crippen molar-refractivity contribution in [1.82, 2.24) is 16.0 Å². The molecule has 2 atom stereocenters. The van der Waals surface area contributed by atoms with Gasteiger partial charge >= 0.3 is 18.0 Å². The van der Waals surface area contributed by atoms with Crippen LogP contribution in [0, 0.1) is 0 Å². The molecule has 12 heteroatoms. The highest BCUT2D eigenvalue weighted by atomic mass is 16.6. The van der Waals surface area contributed by atoms with Gasteiger partial charge in [0.25, 0.3) is 0 Å². The fourth-order valence-electron chi connectivity index (χ4n) is 2.91. The summed E-state index contributed by atoms with van der Waals surface area (Å²) in [6.45, 7) is 5.19. The zero-order valence-corrected chi connectivity index (χ0v) is 21.8. The topological polar surface area (TPSA) is 175 Å². The summed E-state index contributed by atoms with van der Waals surface area (Å²) in [5.74, 6) is -2.02. The van der Waals surface area contributed by atoms with E-state index in [4.69, 9.17) is 19.9 Å². The smallest absolute Gasteiger partial charge is 0.408 e. The molecule has 37 heavy (non-hydrogen) atoms. The van der Waals surface area contributed by atoms with Gasteiger partial charge in [-0.05, 0) is 39.2 Å². The molecule has 1 aromatic carbocycles. The average molecular weight is 523 g/mol. The van der Waals surface area contributed by atoms with E-state index in [1.807, 2.05) is 18.2 Å². The third-order valence-corrected chi connectivity index (χ3v) is 4.78. The normalized spacial score (nSPS) is 12.5. The van der Waals surface area contributed by atoms with Gasteiger partial charge in [0, 0.05) is 19.9 Å². The van der Waals surface area contributed by atoms with Crippen molar-refractivity contribution in [1.29, 1.82) is 0 Å². The second-order valence-corrected chi connectivity index (χ2v) is 9.16. The van der Waals surface area contributed by atoms with E-state index in [2.05, 4.69) is 16.0 Å². The van der Waals surface area contributed by atoms with Gasteiger partial charge < -0.3 is 35.9 Å². The quantitative estimate of drug-likeness (QED) is 0.157. The summed E-state index contributed by atoms with van der Waals surface area (Å²) in [6, 6.07) is 7.13. The molecule has 0 aliphatic heterocycles. The van der Waals surface area contributed by atoms with Crippen LogP contribution in [0.15, 0.2) is 30.3 Å². The first-order valence-corrected chi connectivity index (χ1v) is 12.0. The molecular formula is C25H38N4O8. The number of ether oxygens (including phenoxy) is 3. The van der Waals surface area contributed by atoms with Gasteiger partial charge in [0.1, 0.15) is 30.9 Å². The molecule has 0 aliphatic carbocycles. The largest absolute Gasteiger partial charge is 0.464 e. The van der Waals surface area contributed by atoms with Gasteiger partial charge in [-0.1, -0.05) is 30.3 Å². The minimum absolute atomic E-state index is 0.00609. The molecule has 3 amide bonds. The summed E-state index contributed by atoms with van der Waals surface area (Å²) in [5, 5.41) is 7.43. The minimum Gasteiger partial charge on any atom is -0.464 e. The Morgan fingerprint density at radius 2 is 1.65 bits per heavy atom. The van der Waals surface area contributed by atoms with Gasteiger partial charge in [-0.2, -0.15) is 0 Å². The van der Waals surface area contributed by atoms with Gasteiger partial charge in [0.2, 0.25) is 11.8 Å². The number of carbonyl (C=O) groups excluding carboxylic acids is 5. The summed E-state index contributed by atoms with van der Waals surface area (Å²) in [4.78, 5) is 59.9. The maximum atomic E-state index is 12.1. The third-order valence-electron chi connectivity index (χ3n) is 4.78. The molecule has 0 radical (unpaired) electrons. The number of esters is 2. The monoisotopic (exact) mass is 522 g/mol. The molecular weight excluding hydrogens is 484 g/mol. The molecule has 5 N–H and O–H groups in total. The lowest BCUT2D eigenvalue weighted by atomic mass is 10.1. The predicted molar refractivity (Wildman–Crippen MR) is 134 cm³/mol. The highest BCUT2D eigenvalue weighted by Gasteiger charge is 2.23. The zero-order chi connectivity index (χ0) is 27.8. The molecule has 0 saturated carbocycles. The first kappa shape index (κ1) is 31.4. The van der Waals surface area contributed by atoms with Crippen molar-refractivity contribution in [3.05, 3.63) is 35.9 Å². The highest BCUT2D eigenvalue weighted by Crippen LogP contribution is 2.09. The number of likely N-dealkylation sites (N-methyl/N-ethyl adjacent to an activating group) is 1. The van der Waals surface area contributed by atoms with Crippen molar-refractivity contribution in [3.63, 3.8) is 0 Å². The van der Waals surface area contributed by atoms with Crippen LogP contribution in [0.2, 0.25) is 0 Å².